The summed E-state index contributed by atoms with van der Waals surface area (Å²) in [6.45, 7) is 4.22. The minimum Gasteiger partial charge on any atom is -0.467 e. The number of carbonyl (C=O) groups excluding carboxylic acids is 2. The van der Waals surface area contributed by atoms with Crippen LogP contribution in [-0.2, 0) is 13.1 Å². The molecule has 2 aromatic carbocycles. The highest BCUT2D eigenvalue weighted by molar-refractivity contribution is 9.10. The van der Waals surface area contributed by atoms with Crippen LogP contribution < -0.4 is 10.9 Å². The number of nitrogens with one attached hydrogen (secondary N) is 1. The van der Waals surface area contributed by atoms with Crippen LogP contribution in [0.25, 0.3) is 10.9 Å². The second kappa shape index (κ2) is 10.7. The molecule has 0 aliphatic carbocycles. The number of halogens is 1. The molecule has 0 unspecified atom stereocenters. The van der Waals surface area contributed by atoms with Crippen molar-refractivity contribution in [1.29, 1.82) is 0 Å². The third kappa shape index (κ3) is 5.37. The maximum absolute atomic E-state index is 13.1. The number of amides is 1. The van der Waals surface area contributed by atoms with Crippen LogP contribution in [0.2, 0.25) is 0 Å². The summed E-state index contributed by atoms with van der Waals surface area (Å²) >= 11 is 4.53. The van der Waals surface area contributed by atoms with Crippen molar-refractivity contribution >= 4 is 50.3 Å². The van der Waals surface area contributed by atoms with Gasteiger partial charge in [0.1, 0.15) is 5.76 Å². The van der Waals surface area contributed by atoms with E-state index in [1.807, 2.05) is 0 Å². The molecule has 4 rings (SSSR count). The van der Waals surface area contributed by atoms with Crippen LogP contribution in [0.15, 0.2) is 92.4 Å². The number of hydrogen-bond donors (Lipinski definition) is 1. The average molecular weight is 538 g/mol. The van der Waals surface area contributed by atoms with Crippen molar-refractivity contribution in [2.75, 3.05) is 5.75 Å². The summed E-state index contributed by atoms with van der Waals surface area (Å²) in [6, 6.07) is 15.4. The quantitative estimate of drug-likeness (QED) is 0.142. The molecule has 1 amide bonds. The molecule has 0 aliphatic rings. The number of nitrogens with zero attached hydrogens (tertiary/aromatic N) is 2. The number of thioether (sulfide) groups is 1. The highest BCUT2D eigenvalue weighted by atomic mass is 79.9. The summed E-state index contributed by atoms with van der Waals surface area (Å²) in [4.78, 5) is 42.9. The third-order valence-electron chi connectivity index (χ3n) is 5.00. The predicted octanol–water partition coefficient (Wildman–Crippen LogP) is 4.84. The Morgan fingerprint density at radius 2 is 1.91 bits per heavy atom. The van der Waals surface area contributed by atoms with Gasteiger partial charge in [-0.3, -0.25) is 19.0 Å². The Morgan fingerprint density at radius 3 is 2.62 bits per heavy atom. The SMILES string of the molecule is C=CCn1c(SCC(=O)c2ccc(Br)cc2)nc2cc(C(=O)NCc3ccco3)ccc2c1=O. The number of benzene rings is 2. The van der Waals surface area contributed by atoms with Gasteiger partial charge in [-0.15, -0.1) is 6.58 Å². The normalized spacial score (nSPS) is 10.9. The largest absolute Gasteiger partial charge is 0.467 e. The van der Waals surface area contributed by atoms with E-state index in [0.717, 1.165) is 4.47 Å². The summed E-state index contributed by atoms with van der Waals surface area (Å²) in [5, 5.41) is 3.55. The van der Waals surface area contributed by atoms with Gasteiger partial charge < -0.3 is 9.73 Å². The van der Waals surface area contributed by atoms with Crippen LogP contribution in [0.3, 0.4) is 0 Å². The zero-order valence-electron chi connectivity index (χ0n) is 18.0. The number of Topliss-reactive ketones (excluding diaryl/α,β-unsaturated/α-hetero) is 1. The Kier molecular flexibility index (Phi) is 7.44. The van der Waals surface area contributed by atoms with Crippen LogP contribution in [-0.4, -0.2) is 27.0 Å². The third-order valence-corrected chi connectivity index (χ3v) is 6.50. The van der Waals surface area contributed by atoms with Gasteiger partial charge in [0.05, 0.1) is 29.5 Å². The van der Waals surface area contributed by atoms with E-state index in [1.54, 1.807) is 60.7 Å². The van der Waals surface area contributed by atoms with E-state index in [1.165, 1.54) is 22.6 Å². The molecule has 2 aromatic heterocycles. The van der Waals surface area contributed by atoms with Crippen molar-refractivity contribution in [2.45, 2.75) is 18.2 Å². The number of aromatic nitrogens is 2. The summed E-state index contributed by atoms with van der Waals surface area (Å²) in [6.07, 6.45) is 3.14. The number of ketones is 1. The molecule has 0 saturated carbocycles. The van der Waals surface area contributed by atoms with E-state index >= 15 is 0 Å². The van der Waals surface area contributed by atoms with Gasteiger partial charge in [0.2, 0.25) is 0 Å². The van der Waals surface area contributed by atoms with Crippen LogP contribution in [0, 0.1) is 0 Å². The molecule has 34 heavy (non-hydrogen) atoms. The first-order valence-electron chi connectivity index (χ1n) is 10.3. The van der Waals surface area contributed by atoms with E-state index in [4.69, 9.17) is 4.42 Å². The first-order valence-corrected chi connectivity index (χ1v) is 12.1. The average Bonchev–Trinajstić information content (AvgIpc) is 3.37. The van der Waals surface area contributed by atoms with E-state index < -0.39 is 0 Å². The number of fused-ring (bicyclic) bond motifs is 1. The molecule has 172 valence electrons. The lowest BCUT2D eigenvalue weighted by Gasteiger charge is -2.12. The Labute approximate surface area is 208 Å². The van der Waals surface area contributed by atoms with Gasteiger partial charge in [-0.1, -0.05) is 45.9 Å². The molecular formula is C25H20BrN3O4S. The first kappa shape index (κ1) is 23.7. The Hall–Kier alpha value is -3.43. The first-order chi connectivity index (χ1) is 16.5. The van der Waals surface area contributed by atoms with Crippen LogP contribution >= 0.6 is 27.7 Å². The van der Waals surface area contributed by atoms with E-state index in [2.05, 4.69) is 32.8 Å². The molecule has 0 atom stereocenters. The lowest BCUT2D eigenvalue weighted by atomic mass is 10.1. The van der Waals surface area contributed by atoms with E-state index in [-0.39, 0.29) is 36.1 Å². The molecule has 4 aromatic rings. The second-order valence-corrected chi connectivity index (χ2v) is 9.17. The van der Waals surface area contributed by atoms with Gasteiger partial charge in [-0.2, -0.15) is 0 Å². The van der Waals surface area contributed by atoms with Gasteiger partial charge in [0.25, 0.3) is 11.5 Å². The van der Waals surface area contributed by atoms with Crippen LogP contribution in [0.5, 0.6) is 0 Å². The fourth-order valence-electron chi connectivity index (χ4n) is 3.27. The molecule has 0 fully saturated rings. The van der Waals surface area contributed by atoms with Crippen molar-refractivity contribution < 1.29 is 14.0 Å². The van der Waals surface area contributed by atoms with Gasteiger partial charge in [0, 0.05) is 22.1 Å². The number of hydrogen-bond acceptors (Lipinski definition) is 6. The highest BCUT2D eigenvalue weighted by Gasteiger charge is 2.16. The Balaban J connectivity index is 1.60. The smallest absolute Gasteiger partial charge is 0.262 e. The highest BCUT2D eigenvalue weighted by Crippen LogP contribution is 2.21. The molecule has 0 saturated heterocycles. The summed E-state index contributed by atoms with van der Waals surface area (Å²) in [5.74, 6) is 0.354. The fourth-order valence-corrected chi connectivity index (χ4v) is 4.44. The molecule has 0 spiro atoms. The zero-order valence-corrected chi connectivity index (χ0v) is 20.4. The van der Waals surface area contributed by atoms with Crippen LogP contribution in [0.4, 0.5) is 0 Å². The number of carbonyl (C=O) groups is 2. The van der Waals surface area contributed by atoms with Gasteiger partial charge >= 0.3 is 0 Å². The zero-order chi connectivity index (χ0) is 24.1. The number of allylic oxidation sites excluding steroid dienone is 1. The predicted molar refractivity (Wildman–Crippen MR) is 135 cm³/mol. The molecule has 7 nitrogen and oxygen atoms in total. The van der Waals surface area contributed by atoms with E-state index in [9.17, 15) is 14.4 Å². The molecule has 1 N–H and O–H groups in total. The topological polar surface area (TPSA) is 94.2 Å². The van der Waals surface area contributed by atoms with Crippen molar-refractivity contribution in [3.63, 3.8) is 0 Å². The fraction of sp³-hybridized carbons (Fsp3) is 0.120. The summed E-state index contributed by atoms with van der Waals surface area (Å²) in [7, 11) is 0. The van der Waals surface area contributed by atoms with Crippen molar-refractivity contribution in [1.82, 2.24) is 14.9 Å². The van der Waals surface area contributed by atoms with Crippen molar-refractivity contribution in [3.8, 4) is 0 Å². The number of rotatable bonds is 9. The lowest BCUT2D eigenvalue weighted by molar-refractivity contribution is 0.0947. The molecule has 0 bridgehead atoms. The maximum atomic E-state index is 13.1. The van der Waals surface area contributed by atoms with Crippen LogP contribution in [0.1, 0.15) is 26.5 Å². The minimum atomic E-state index is -0.310. The molecule has 9 heteroatoms. The molecule has 2 heterocycles. The molecule has 0 aliphatic heterocycles. The maximum Gasteiger partial charge on any atom is 0.262 e. The van der Waals surface area contributed by atoms with Gasteiger partial charge in [0.15, 0.2) is 10.9 Å². The lowest BCUT2D eigenvalue weighted by Crippen LogP contribution is -2.25. The van der Waals surface area contributed by atoms with E-state index in [0.29, 0.717) is 32.9 Å². The van der Waals surface area contributed by atoms with Crippen molar-refractivity contribution in [2.24, 2.45) is 0 Å². The molecular weight excluding hydrogens is 518 g/mol. The summed E-state index contributed by atoms with van der Waals surface area (Å²) in [5.41, 5.74) is 1.07. The van der Waals surface area contributed by atoms with Crippen molar-refractivity contribution in [3.05, 3.63) is 105 Å². The van der Waals surface area contributed by atoms with Gasteiger partial charge in [-0.05, 0) is 42.5 Å². The Morgan fingerprint density at radius 1 is 1.15 bits per heavy atom. The standard InChI is InChI=1S/C25H20BrN3O4S/c1-2-11-29-24(32)20-10-7-17(23(31)27-14-19-4-3-12-33-19)13-21(20)28-25(29)34-15-22(30)16-5-8-18(26)9-6-16/h2-10,12-13H,1,11,14-15H2,(H,27,31). The molecule has 0 radical (unpaired) electrons. The minimum absolute atomic E-state index is 0.0805. The second-order valence-electron chi connectivity index (χ2n) is 7.31. The summed E-state index contributed by atoms with van der Waals surface area (Å²) < 4.78 is 7.59. The number of furan rings is 1. The monoisotopic (exact) mass is 537 g/mol. The van der Waals surface area contributed by atoms with Gasteiger partial charge in [-0.25, -0.2) is 4.98 Å². The Bertz CT molecular complexity index is 1410.